The van der Waals surface area contributed by atoms with Crippen molar-refractivity contribution in [3.05, 3.63) is 36.0 Å². The van der Waals surface area contributed by atoms with E-state index in [0.717, 1.165) is 16.5 Å². The quantitative estimate of drug-likeness (QED) is 0.841. The van der Waals surface area contributed by atoms with Crippen molar-refractivity contribution in [1.29, 1.82) is 0 Å². The summed E-state index contributed by atoms with van der Waals surface area (Å²) in [4.78, 5) is 12.1. The van der Waals surface area contributed by atoms with Crippen LogP contribution in [0.5, 0.6) is 0 Å². The van der Waals surface area contributed by atoms with Gasteiger partial charge in [-0.1, -0.05) is 18.2 Å². The second-order valence-corrected chi connectivity index (χ2v) is 5.23. The van der Waals surface area contributed by atoms with Crippen LogP contribution in [0.4, 0.5) is 4.79 Å². The van der Waals surface area contributed by atoms with Crippen molar-refractivity contribution in [1.82, 2.24) is 4.57 Å². The Balaban J connectivity index is 2.48. The van der Waals surface area contributed by atoms with Gasteiger partial charge in [0.15, 0.2) is 0 Å². The second kappa shape index (κ2) is 4.46. The summed E-state index contributed by atoms with van der Waals surface area (Å²) in [5.74, 6) is 0. The van der Waals surface area contributed by atoms with Gasteiger partial charge < -0.3 is 10.5 Å². The molecule has 1 heterocycles. The maximum Gasteiger partial charge on any atom is 0.419 e. The van der Waals surface area contributed by atoms with Gasteiger partial charge in [-0.15, -0.1) is 0 Å². The van der Waals surface area contributed by atoms with Gasteiger partial charge in [0.1, 0.15) is 5.60 Å². The minimum absolute atomic E-state index is 0.376. The molecule has 0 spiro atoms. The summed E-state index contributed by atoms with van der Waals surface area (Å²) in [5.41, 5.74) is 6.95. The molecule has 96 valence electrons. The van der Waals surface area contributed by atoms with Gasteiger partial charge in [0.25, 0.3) is 0 Å². The summed E-state index contributed by atoms with van der Waals surface area (Å²) in [6, 6.07) is 7.67. The Labute approximate surface area is 106 Å². The van der Waals surface area contributed by atoms with Gasteiger partial charge in [0, 0.05) is 18.1 Å². The van der Waals surface area contributed by atoms with Crippen molar-refractivity contribution >= 4 is 17.0 Å². The number of ether oxygens (including phenoxy) is 1. The summed E-state index contributed by atoms with van der Waals surface area (Å²) in [6.07, 6.45) is 1.37. The van der Waals surface area contributed by atoms with Crippen molar-refractivity contribution < 1.29 is 9.53 Å². The first kappa shape index (κ1) is 12.6. The number of fused-ring (bicyclic) bond motifs is 1. The molecule has 2 aromatic rings. The zero-order valence-corrected chi connectivity index (χ0v) is 10.9. The Morgan fingerprint density at radius 1 is 1.33 bits per heavy atom. The van der Waals surface area contributed by atoms with Gasteiger partial charge in [-0.05, 0) is 32.4 Å². The summed E-state index contributed by atoms with van der Waals surface area (Å²) < 4.78 is 6.89. The lowest BCUT2D eigenvalue weighted by atomic mass is 10.2. The van der Waals surface area contributed by atoms with Gasteiger partial charge >= 0.3 is 6.09 Å². The highest BCUT2D eigenvalue weighted by molar-refractivity contribution is 5.92. The molecule has 4 nitrogen and oxygen atoms in total. The summed E-state index contributed by atoms with van der Waals surface area (Å²) in [5, 5.41) is 0.992. The highest BCUT2D eigenvalue weighted by atomic mass is 16.6. The van der Waals surface area contributed by atoms with Crippen LogP contribution in [-0.2, 0) is 11.3 Å². The molecule has 0 aliphatic rings. The molecule has 4 heteroatoms. The molecular formula is C14H18N2O2. The number of carbonyl (C=O) groups is 1. The minimum atomic E-state index is -0.509. The average Bonchev–Trinajstić information content (AvgIpc) is 2.65. The predicted molar refractivity (Wildman–Crippen MR) is 71.5 cm³/mol. The van der Waals surface area contributed by atoms with Gasteiger partial charge in [0.2, 0.25) is 0 Å². The third-order valence-corrected chi connectivity index (χ3v) is 2.60. The van der Waals surface area contributed by atoms with Crippen LogP contribution in [0.3, 0.4) is 0 Å². The maximum absolute atomic E-state index is 12.1. The van der Waals surface area contributed by atoms with Crippen LogP contribution < -0.4 is 5.73 Å². The van der Waals surface area contributed by atoms with E-state index in [1.807, 2.05) is 45.0 Å². The first-order valence-electron chi connectivity index (χ1n) is 5.95. The zero-order chi connectivity index (χ0) is 13.3. The SMILES string of the molecule is CC(C)(C)OC(=O)n1cc(CN)c2ccccc21. The van der Waals surface area contributed by atoms with E-state index in [4.69, 9.17) is 10.5 Å². The van der Waals surface area contributed by atoms with Gasteiger partial charge in [-0.3, -0.25) is 4.57 Å². The van der Waals surface area contributed by atoms with E-state index in [9.17, 15) is 4.79 Å². The molecule has 2 N–H and O–H groups in total. The fourth-order valence-electron chi connectivity index (χ4n) is 1.87. The molecule has 0 bridgehead atoms. The molecule has 1 aromatic carbocycles. The smallest absolute Gasteiger partial charge is 0.419 e. The number of nitrogens with zero attached hydrogens (tertiary/aromatic N) is 1. The summed E-state index contributed by atoms with van der Waals surface area (Å²) in [7, 11) is 0. The molecule has 18 heavy (non-hydrogen) atoms. The van der Waals surface area contributed by atoms with Gasteiger partial charge in [-0.2, -0.15) is 0 Å². The Morgan fingerprint density at radius 2 is 2.00 bits per heavy atom. The topological polar surface area (TPSA) is 57.2 Å². The normalized spacial score (nSPS) is 11.8. The number of hydrogen-bond donors (Lipinski definition) is 1. The molecule has 0 amide bonds. The lowest BCUT2D eigenvalue weighted by Gasteiger charge is -2.19. The molecular weight excluding hydrogens is 228 g/mol. The predicted octanol–water partition coefficient (Wildman–Crippen LogP) is 2.88. The van der Waals surface area contributed by atoms with Crippen LogP contribution in [0.2, 0.25) is 0 Å². The van der Waals surface area contributed by atoms with Crippen LogP contribution in [0.1, 0.15) is 26.3 Å². The fourth-order valence-corrected chi connectivity index (χ4v) is 1.87. The standard InChI is InChI=1S/C14H18N2O2/c1-14(2,3)18-13(17)16-9-10(8-15)11-6-4-5-7-12(11)16/h4-7,9H,8,15H2,1-3H3. The number of nitrogens with two attached hydrogens (primary N) is 1. The largest absolute Gasteiger partial charge is 0.443 e. The highest BCUT2D eigenvalue weighted by Gasteiger charge is 2.20. The number of aromatic nitrogens is 1. The van der Waals surface area contributed by atoms with Crippen LogP contribution in [0.25, 0.3) is 10.9 Å². The third-order valence-electron chi connectivity index (χ3n) is 2.60. The lowest BCUT2D eigenvalue weighted by Crippen LogP contribution is -2.26. The summed E-state index contributed by atoms with van der Waals surface area (Å²) in [6.45, 7) is 5.94. The Morgan fingerprint density at radius 3 is 2.61 bits per heavy atom. The molecule has 0 fully saturated rings. The van der Waals surface area contributed by atoms with Crippen molar-refractivity contribution in [3.63, 3.8) is 0 Å². The van der Waals surface area contributed by atoms with E-state index >= 15 is 0 Å². The van der Waals surface area contributed by atoms with Crippen molar-refractivity contribution in [2.75, 3.05) is 0 Å². The van der Waals surface area contributed by atoms with E-state index in [1.54, 1.807) is 6.20 Å². The van der Waals surface area contributed by atoms with E-state index in [2.05, 4.69) is 0 Å². The monoisotopic (exact) mass is 246 g/mol. The molecule has 0 aliphatic carbocycles. The van der Waals surface area contributed by atoms with Crippen molar-refractivity contribution in [2.24, 2.45) is 5.73 Å². The summed E-state index contributed by atoms with van der Waals surface area (Å²) >= 11 is 0. The molecule has 0 unspecified atom stereocenters. The Bertz CT molecular complexity index is 579. The van der Waals surface area contributed by atoms with Crippen LogP contribution in [0.15, 0.2) is 30.5 Å². The van der Waals surface area contributed by atoms with E-state index in [-0.39, 0.29) is 6.09 Å². The first-order valence-corrected chi connectivity index (χ1v) is 5.95. The average molecular weight is 246 g/mol. The van der Waals surface area contributed by atoms with E-state index in [1.165, 1.54) is 4.57 Å². The van der Waals surface area contributed by atoms with Crippen LogP contribution in [0, 0.1) is 0 Å². The van der Waals surface area contributed by atoms with Gasteiger partial charge in [-0.25, -0.2) is 4.79 Å². The minimum Gasteiger partial charge on any atom is -0.443 e. The lowest BCUT2D eigenvalue weighted by molar-refractivity contribution is 0.0544. The maximum atomic E-state index is 12.1. The second-order valence-electron chi connectivity index (χ2n) is 5.23. The molecule has 0 radical (unpaired) electrons. The van der Waals surface area contributed by atoms with Crippen LogP contribution in [-0.4, -0.2) is 16.3 Å². The molecule has 0 saturated carbocycles. The molecule has 0 aliphatic heterocycles. The van der Waals surface area contributed by atoms with Crippen LogP contribution >= 0.6 is 0 Å². The number of benzene rings is 1. The number of hydrogen-bond acceptors (Lipinski definition) is 3. The number of carbonyl (C=O) groups excluding carboxylic acids is 1. The first-order chi connectivity index (χ1) is 8.42. The van der Waals surface area contributed by atoms with E-state index in [0.29, 0.717) is 6.54 Å². The van der Waals surface area contributed by atoms with Gasteiger partial charge in [0.05, 0.1) is 5.52 Å². The van der Waals surface area contributed by atoms with E-state index < -0.39 is 5.60 Å². The van der Waals surface area contributed by atoms with Crippen molar-refractivity contribution in [3.8, 4) is 0 Å². The fraction of sp³-hybridized carbons (Fsp3) is 0.357. The number of rotatable bonds is 1. The number of para-hydroxylation sites is 1. The highest BCUT2D eigenvalue weighted by Crippen LogP contribution is 2.22. The molecule has 0 atom stereocenters. The molecule has 2 rings (SSSR count). The van der Waals surface area contributed by atoms with Crippen molar-refractivity contribution in [2.45, 2.75) is 32.9 Å². The Hall–Kier alpha value is -1.81. The Kier molecular flexibility index (Phi) is 3.13. The molecule has 0 saturated heterocycles. The molecule has 1 aromatic heterocycles. The third kappa shape index (κ3) is 2.38. The zero-order valence-electron chi connectivity index (χ0n) is 10.9.